The van der Waals surface area contributed by atoms with Gasteiger partial charge < -0.3 is 0 Å². The van der Waals surface area contributed by atoms with Gasteiger partial charge in [0.15, 0.2) is 0 Å². The third kappa shape index (κ3) is 5.91. The fourth-order valence-electron chi connectivity index (χ4n) is 1.64. The molecule has 0 N–H and O–H groups in total. The maximum Gasteiger partial charge on any atom is 0.316 e. The highest BCUT2D eigenvalue weighted by Crippen LogP contribution is 2.52. The molecule has 12 heteroatoms. The lowest BCUT2D eigenvalue weighted by Gasteiger charge is -2.35. The molecular weight excluding hydrogens is 372 g/mol. The minimum atomic E-state index is -5.97. The second-order valence-electron chi connectivity index (χ2n) is 5.63. The molecule has 0 atom stereocenters. The van der Waals surface area contributed by atoms with Crippen LogP contribution in [0, 0.1) is 0 Å². The highest BCUT2D eigenvalue weighted by atomic mass is 19.3. The summed E-state index contributed by atoms with van der Waals surface area (Å²) >= 11 is 0. The van der Waals surface area contributed by atoms with Crippen molar-refractivity contribution in [1.82, 2.24) is 0 Å². The Hall–Kier alpha value is -0.840. The Labute approximate surface area is 129 Å². The van der Waals surface area contributed by atoms with Crippen LogP contribution in [0.5, 0.6) is 0 Å². The summed E-state index contributed by atoms with van der Waals surface area (Å²) < 4.78 is 156. The number of halogens is 12. The van der Waals surface area contributed by atoms with Crippen LogP contribution in [0.2, 0.25) is 0 Å². The van der Waals surface area contributed by atoms with Crippen molar-refractivity contribution in [3.8, 4) is 0 Å². The Morgan fingerprint density at radius 2 is 0.792 bits per heavy atom. The smallest absolute Gasteiger partial charge is 0.207 e. The first-order valence-electron chi connectivity index (χ1n) is 6.45. The Bertz CT molecular complexity index is 420. The minimum Gasteiger partial charge on any atom is -0.207 e. The number of alkyl halides is 12. The van der Waals surface area contributed by atoms with Gasteiger partial charge in [0.1, 0.15) is 0 Å². The van der Waals surface area contributed by atoms with Crippen LogP contribution in [0.3, 0.4) is 0 Å². The van der Waals surface area contributed by atoms with E-state index < -0.39 is 61.2 Å². The predicted molar refractivity (Wildman–Crippen MR) is 59.5 cm³/mol. The molecular formula is C12H14F12. The van der Waals surface area contributed by atoms with E-state index in [1.54, 1.807) is 0 Å². The number of rotatable bonds is 9. The monoisotopic (exact) mass is 386 g/mol. The van der Waals surface area contributed by atoms with Crippen molar-refractivity contribution in [2.75, 3.05) is 0 Å². The average molecular weight is 386 g/mol. The van der Waals surface area contributed by atoms with Crippen molar-refractivity contribution < 1.29 is 52.7 Å². The van der Waals surface area contributed by atoms with Crippen LogP contribution in [0.4, 0.5) is 52.7 Å². The zero-order valence-electron chi connectivity index (χ0n) is 12.4. The van der Waals surface area contributed by atoms with Gasteiger partial charge in [-0.2, -0.15) is 35.1 Å². The van der Waals surface area contributed by atoms with Gasteiger partial charge in [-0.25, -0.2) is 17.6 Å². The molecule has 0 saturated heterocycles. The van der Waals surface area contributed by atoms with Crippen molar-refractivity contribution in [2.24, 2.45) is 0 Å². The molecule has 0 aliphatic rings. The molecule has 146 valence electrons. The molecule has 0 aliphatic heterocycles. The van der Waals surface area contributed by atoms with Crippen molar-refractivity contribution in [3.05, 3.63) is 0 Å². The van der Waals surface area contributed by atoms with Crippen LogP contribution >= 0.6 is 0 Å². The largest absolute Gasteiger partial charge is 0.316 e. The SMILES string of the molecule is CCC(F)(F)CC(F)(F)C(F)(F)CC(F)(F)C(F)(F)CC(C)(F)F. The third-order valence-electron chi connectivity index (χ3n) is 3.04. The van der Waals surface area contributed by atoms with E-state index in [0.717, 1.165) is 0 Å². The van der Waals surface area contributed by atoms with E-state index in [9.17, 15) is 52.7 Å². The second-order valence-corrected chi connectivity index (χ2v) is 5.63. The summed E-state index contributed by atoms with van der Waals surface area (Å²) in [6.45, 7) is 0.450. The molecule has 0 aromatic carbocycles. The minimum absolute atomic E-state index is 0.203. The lowest BCUT2D eigenvalue weighted by atomic mass is 9.93. The van der Waals surface area contributed by atoms with Gasteiger partial charge in [-0.05, 0) is 6.92 Å². The lowest BCUT2D eigenvalue weighted by molar-refractivity contribution is -0.300. The average Bonchev–Trinajstić information content (AvgIpc) is 2.22. The highest BCUT2D eigenvalue weighted by molar-refractivity contribution is 4.97. The Kier molecular flexibility index (Phi) is 6.24. The number of hydrogen-bond acceptors (Lipinski definition) is 0. The van der Waals surface area contributed by atoms with Crippen LogP contribution in [-0.4, -0.2) is 35.5 Å². The fraction of sp³-hybridized carbons (Fsp3) is 1.00. The van der Waals surface area contributed by atoms with Crippen molar-refractivity contribution >= 4 is 0 Å². The maximum absolute atomic E-state index is 13.2. The summed E-state index contributed by atoms with van der Waals surface area (Å²) in [5.41, 5.74) is 0. The third-order valence-corrected chi connectivity index (χ3v) is 3.04. The number of hydrogen-bond donors (Lipinski definition) is 0. The van der Waals surface area contributed by atoms with Crippen molar-refractivity contribution in [3.63, 3.8) is 0 Å². The van der Waals surface area contributed by atoms with Crippen molar-refractivity contribution in [2.45, 2.75) is 75.1 Å². The van der Waals surface area contributed by atoms with Crippen LogP contribution in [0.15, 0.2) is 0 Å². The topological polar surface area (TPSA) is 0 Å². The molecule has 0 heterocycles. The summed E-state index contributed by atoms with van der Waals surface area (Å²) in [5.74, 6) is -32.2. The highest BCUT2D eigenvalue weighted by Gasteiger charge is 2.69. The fourth-order valence-corrected chi connectivity index (χ4v) is 1.64. The first kappa shape index (κ1) is 23.2. The van der Waals surface area contributed by atoms with Crippen LogP contribution in [0.1, 0.15) is 39.5 Å². The molecule has 0 rings (SSSR count). The summed E-state index contributed by atoms with van der Waals surface area (Å²) in [6, 6.07) is 0. The summed E-state index contributed by atoms with van der Waals surface area (Å²) in [7, 11) is 0. The summed E-state index contributed by atoms with van der Waals surface area (Å²) in [5, 5.41) is 0. The summed E-state index contributed by atoms with van der Waals surface area (Å²) in [4.78, 5) is 0. The van der Waals surface area contributed by atoms with Crippen LogP contribution in [-0.2, 0) is 0 Å². The van der Waals surface area contributed by atoms with E-state index in [1.165, 1.54) is 0 Å². The molecule has 0 radical (unpaired) electrons. The molecule has 0 aromatic heterocycles. The molecule has 0 saturated carbocycles. The molecule has 0 bridgehead atoms. The molecule has 0 aromatic rings. The van der Waals surface area contributed by atoms with E-state index >= 15 is 0 Å². The first-order chi connectivity index (χ1) is 10.2. The van der Waals surface area contributed by atoms with Crippen LogP contribution < -0.4 is 0 Å². The molecule has 0 amide bonds. The molecule has 0 spiro atoms. The summed E-state index contributed by atoms with van der Waals surface area (Å²) in [6.07, 6.45) is -10.6. The Balaban J connectivity index is 5.45. The van der Waals surface area contributed by atoms with Gasteiger partial charge in [0.05, 0.1) is 19.3 Å². The van der Waals surface area contributed by atoms with Gasteiger partial charge in [0.2, 0.25) is 0 Å². The van der Waals surface area contributed by atoms with Gasteiger partial charge in [-0.3, -0.25) is 0 Å². The van der Waals surface area contributed by atoms with E-state index in [-0.39, 0.29) is 6.92 Å². The Morgan fingerprint density at radius 3 is 1.08 bits per heavy atom. The molecule has 0 nitrogen and oxygen atoms in total. The normalized spacial score (nSPS) is 15.8. The van der Waals surface area contributed by atoms with Gasteiger partial charge in [-0.15, -0.1) is 0 Å². The zero-order valence-corrected chi connectivity index (χ0v) is 12.4. The Morgan fingerprint density at radius 1 is 0.500 bits per heavy atom. The van der Waals surface area contributed by atoms with E-state index in [1.807, 2.05) is 0 Å². The van der Waals surface area contributed by atoms with Gasteiger partial charge in [-0.1, -0.05) is 6.92 Å². The van der Waals surface area contributed by atoms with E-state index in [0.29, 0.717) is 6.92 Å². The van der Waals surface area contributed by atoms with E-state index in [4.69, 9.17) is 0 Å². The van der Waals surface area contributed by atoms with Crippen molar-refractivity contribution in [1.29, 1.82) is 0 Å². The van der Waals surface area contributed by atoms with Gasteiger partial charge in [0.25, 0.3) is 11.8 Å². The zero-order chi connectivity index (χ0) is 19.8. The van der Waals surface area contributed by atoms with Gasteiger partial charge in [0, 0.05) is 6.42 Å². The second kappa shape index (κ2) is 6.47. The maximum atomic E-state index is 13.2. The molecule has 0 aliphatic carbocycles. The van der Waals surface area contributed by atoms with Gasteiger partial charge >= 0.3 is 23.7 Å². The lowest BCUT2D eigenvalue weighted by Crippen LogP contribution is -2.53. The van der Waals surface area contributed by atoms with E-state index in [2.05, 4.69) is 0 Å². The van der Waals surface area contributed by atoms with Crippen LogP contribution in [0.25, 0.3) is 0 Å². The quantitative estimate of drug-likeness (QED) is 0.403. The molecule has 0 fully saturated rings. The predicted octanol–water partition coefficient (Wildman–Crippen LogP) is 6.40. The molecule has 0 unspecified atom stereocenters. The first-order valence-corrected chi connectivity index (χ1v) is 6.45. The standard InChI is InChI=1S/C12H14F12/c1-3-8(15,16)5-10(19,20)12(23,24)6-11(21,22)9(17,18)4-7(2,13)14/h3-6H2,1-2H3. The molecule has 24 heavy (non-hydrogen) atoms.